The standard InChI is InChI=1S/C20H26N2O2/c1-16-6-3-4-9-19(16)22-12-10-21(11-13-22)15-20(23)17-7-5-8-18(14-17)24-2/h3-9,14,20,23H,10-13,15H2,1-2H3/p+1/t20-/m1/s1. The zero-order chi connectivity index (χ0) is 16.9. The largest absolute Gasteiger partial charge is 0.497 e. The monoisotopic (exact) mass is 327 g/mol. The molecular formula is C20H27N2O2+. The van der Waals surface area contributed by atoms with E-state index in [0.29, 0.717) is 0 Å². The number of aryl methyl sites for hydroxylation is 1. The third-order valence-corrected chi connectivity index (χ3v) is 4.89. The van der Waals surface area contributed by atoms with Crippen LogP contribution in [-0.2, 0) is 0 Å². The number of nitrogens with one attached hydrogen (secondary N) is 1. The summed E-state index contributed by atoms with van der Waals surface area (Å²) in [6.45, 7) is 7.08. The first-order valence-corrected chi connectivity index (χ1v) is 8.63. The average Bonchev–Trinajstić information content (AvgIpc) is 2.63. The Kier molecular flexibility index (Phi) is 5.38. The molecule has 0 unspecified atom stereocenters. The lowest BCUT2D eigenvalue weighted by atomic mass is 10.1. The zero-order valence-corrected chi connectivity index (χ0v) is 14.5. The van der Waals surface area contributed by atoms with E-state index in [1.54, 1.807) is 7.11 Å². The summed E-state index contributed by atoms with van der Waals surface area (Å²) < 4.78 is 5.24. The van der Waals surface area contributed by atoms with E-state index < -0.39 is 6.10 Å². The number of hydrogen-bond donors (Lipinski definition) is 2. The van der Waals surface area contributed by atoms with E-state index in [4.69, 9.17) is 4.74 Å². The molecule has 0 amide bonds. The van der Waals surface area contributed by atoms with Crippen LogP contribution < -0.4 is 14.5 Å². The Morgan fingerprint density at radius 2 is 1.88 bits per heavy atom. The van der Waals surface area contributed by atoms with Crippen molar-refractivity contribution >= 4 is 5.69 Å². The van der Waals surface area contributed by atoms with Crippen molar-refractivity contribution in [1.29, 1.82) is 0 Å². The van der Waals surface area contributed by atoms with Crippen molar-refractivity contribution in [2.75, 3.05) is 44.7 Å². The maximum atomic E-state index is 10.5. The van der Waals surface area contributed by atoms with Crippen molar-refractivity contribution in [2.45, 2.75) is 13.0 Å². The summed E-state index contributed by atoms with van der Waals surface area (Å²) in [4.78, 5) is 3.91. The van der Waals surface area contributed by atoms with Crippen molar-refractivity contribution in [3.8, 4) is 5.75 Å². The van der Waals surface area contributed by atoms with Gasteiger partial charge in [-0.1, -0.05) is 30.3 Å². The lowest BCUT2D eigenvalue weighted by Crippen LogP contribution is -3.15. The third-order valence-electron chi connectivity index (χ3n) is 4.89. The Morgan fingerprint density at radius 1 is 1.12 bits per heavy atom. The van der Waals surface area contributed by atoms with E-state index in [-0.39, 0.29) is 0 Å². The van der Waals surface area contributed by atoms with Crippen LogP contribution >= 0.6 is 0 Å². The molecule has 0 saturated carbocycles. The van der Waals surface area contributed by atoms with E-state index in [9.17, 15) is 5.11 Å². The predicted molar refractivity (Wildman–Crippen MR) is 96.9 cm³/mol. The topological polar surface area (TPSA) is 37.1 Å². The summed E-state index contributed by atoms with van der Waals surface area (Å²) in [6.07, 6.45) is -0.444. The van der Waals surface area contributed by atoms with Gasteiger partial charge in [-0.05, 0) is 36.2 Å². The van der Waals surface area contributed by atoms with E-state index in [1.807, 2.05) is 24.3 Å². The number of para-hydroxylation sites is 1. The van der Waals surface area contributed by atoms with Crippen LogP contribution in [-0.4, -0.2) is 44.9 Å². The highest BCUT2D eigenvalue weighted by Gasteiger charge is 2.23. The van der Waals surface area contributed by atoms with Crippen LogP contribution in [0.2, 0.25) is 0 Å². The average molecular weight is 327 g/mol. The normalized spacial score (nSPS) is 16.9. The van der Waals surface area contributed by atoms with Gasteiger partial charge in [0.05, 0.1) is 33.3 Å². The van der Waals surface area contributed by atoms with Gasteiger partial charge in [-0.2, -0.15) is 0 Å². The van der Waals surface area contributed by atoms with Crippen LogP contribution in [0.4, 0.5) is 5.69 Å². The Morgan fingerprint density at radius 3 is 2.58 bits per heavy atom. The van der Waals surface area contributed by atoms with Gasteiger partial charge in [0.2, 0.25) is 0 Å². The molecular weight excluding hydrogens is 300 g/mol. The summed E-state index contributed by atoms with van der Waals surface area (Å²) in [7, 11) is 1.65. The third kappa shape index (κ3) is 3.89. The van der Waals surface area contributed by atoms with Gasteiger partial charge in [0.15, 0.2) is 0 Å². The molecule has 1 aliphatic heterocycles. The molecule has 128 valence electrons. The van der Waals surface area contributed by atoms with Gasteiger partial charge in [0.25, 0.3) is 0 Å². The van der Waals surface area contributed by atoms with Crippen molar-refractivity contribution < 1.29 is 14.7 Å². The van der Waals surface area contributed by atoms with E-state index in [2.05, 4.69) is 36.1 Å². The number of quaternary nitrogens is 1. The second-order valence-electron chi connectivity index (χ2n) is 6.52. The van der Waals surface area contributed by atoms with E-state index >= 15 is 0 Å². The van der Waals surface area contributed by atoms with Gasteiger partial charge < -0.3 is 19.6 Å². The van der Waals surface area contributed by atoms with E-state index in [1.165, 1.54) is 16.2 Å². The van der Waals surface area contributed by atoms with Gasteiger partial charge in [0.1, 0.15) is 18.4 Å². The Balaban J connectivity index is 1.56. The lowest BCUT2D eigenvalue weighted by Gasteiger charge is -2.35. The first-order valence-electron chi connectivity index (χ1n) is 8.63. The number of anilines is 1. The Bertz CT molecular complexity index is 666. The second kappa shape index (κ2) is 7.69. The molecule has 2 aromatic rings. The molecule has 0 aliphatic carbocycles. The van der Waals surface area contributed by atoms with Gasteiger partial charge >= 0.3 is 0 Å². The fraction of sp³-hybridized carbons (Fsp3) is 0.400. The molecule has 1 aliphatic rings. The molecule has 2 aromatic carbocycles. The number of ether oxygens (including phenoxy) is 1. The minimum atomic E-state index is -0.444. The number of aliphatic hydroxyl groups is 1. The lowest BCUT2D eigenvalue weighted by molar-refractivity contribution is -0.904. The summed E-state index contributed by atoms with van der Waals surface area (Å²) in [5.41, 5.74) is 3.60. The zero-order valence-electron chi connectivity index (χ0n) is 14.5. The maximum Gasteiger partial charge on any atom is 0.128 e. The van der Waals surface area contributed by atoms with Crippen LogP contribution in [0.3, 0.4) is 0 Å². The fourth-order valence-corrected chi connectivity index (χ4v) is 3.43. The fourth-order valence-electron chi connectivity index (χ4n) is 3.43. The number of hydrogen-bond acceptors (Lipinski definition) is 3. The molecule has 3 rings (SSSR count). The molecule has 0 aromatic heterocycles. The van der Waals surface area contributed by atoms with Gasteiger partial charge in [0, 0.05) is 5.69 Å². The van der Waals surface area contributed by atoms with Crippen LogP contribution in [0.5, 0.6) is 5.75 Å². The van der Waals surface area contributed by atoms with Crippen LogP contribution in [0.1, 0.15) is 17.2 Å². The first kappa shape index (κ1) is 16.8. The SMILES string of the molecule is COc1cccc([C@H](O)C[NH+]2CCN(c3ccccc3C)CC2)c1. The van der Waals surface area contributed by atoms with Crippen molar-refractivity contribution in [3.05, 3.63) is 59.7 Å². The number of rotatable bonds is 5. The quantitative estimate of drug-likeness (QED) is 0.873. The maximum absolute atomic E-state index is 10.5. The molecule has 4 heteroatoms. The number of benzene rings is 2. The molecule has 2 N–H and O–H groups in total. The molecule has 0 radical (unpaired) electrons. The summed E-state index contributed by atoms with van der Waals surface area (Å²) >= 11 is 0. The summed E-state index contributed by atoms with van der Waals surface area (Å²) in [6, 6.07) is 16.3. The number of methoxy groups -OCH3 is 1. The van der Waals surface area contributed by atoms with Gasteiger partial charge in [-0.25, -0.2) is 0 Å². The van der Waals surface area contributed by atoms with Crippen molar-refractivity contribution in [2.24, 2.45) is 0 Å². The molecule has 1 fully saturated rings. The Hall–Kier alpha value is -2.04. The Labute approximate surface area is 144 Å². The van der Waals surface area contributed by atoms with E-state index in [0.717, 1.165) is 44.0 Å². The first-order chi connectivity index (χ1) is 11.7. The molecule has 1 atom stereocenters. The smallest absolute Gasteiger partial charge is 0.128 e. The highest BCUT2D eigenvalue weighted by Crippen LogP contribution is 2.20. The molecule has 1 heterocycles. The van der Waals surface area contributed by atoms with Crippen molar-refractivity contribution in [3.63, 3.8) is 0 Å². The molecule has 1 saturated heterocycles. The second-order valence-corrected chi connectivity index (χ2v) is 6.52. The van der Waals surface area contributed by atoms with Gasteiger partial charge in [-0.3, -0.25) is 0 Å². The van der Waals surface area contributed by atoms with Gasteiger partial charge in [-0.15, -0.1) is 0 Å². The predicted octanol–water partition coefficient (Wildman–Crippen LogP) is 1.44. The minimum Gasteiger partial charge on any atom is -0.497 e. The molecule has 4 nitrogen and oxygen atoms in total. The molecule has 24 heavy (non-hydrogen) atoms. The van der Waals surface area contributed by atoms with Crippen LogP contribution in [0.15, 0.2) is 48.5 Å². The summed E-state index contributed by atoms with van der Waals surface area (Å²) in [5.74, 6) is 0.797. The van der Waals surface area contributed by atoms with Crippen molar-refractivity contribution in [1.82, 2.24) is 0 Å². The minimum absolute atomic E-state index is 0.444. The van der Waals surface area contributed by atoms with Crippen LogP contribution in [0, 0.1) is 6.92 Å². The summed E-state index contributed by atoms with van der Waals surface area (Å²) in [5, 5.41) is 10.5. The van der Waals surface area contributed by atoms with Crippen LogP contribution in [0.25, 0.3) is 0 Å². The molecule has 0 spiro atoms. The number of piperazine rings is 1. The highest BCUT2D eigenvalue weighted by atomic mass is 16.5. The highest BCUT2D eigenvalue weighted by molar-refractivity contribution is 5.53. The molecule has 0 bridgehead atoms. The number of nitrogens with zero attached hydrogens (tertiary/aromatic N) is 1. The number of aliphatic hydroxyl groups excluding tert-OH is 1.